The van der Waals surface area contributed by atoms with Gasteiger partial charge in [0.15, 0.2) is 9.84 Å². The first kappa shape index (κ1) is 27.9. The molecule has 4 rings (SSSR count). The Balaban J connectivity index is 1.53. The standard InChI is InChI=1S/C28H31ClN2O6S/c1-18-24(6-5-7-25(18)29)19(2)31(36-4)28(32)30-26-11-10-23(15-27(26)35-3)38(33,34)17-20-8-9-22-16-37-13-12-21(22)14-20/h5-11,14-15,19H,12-13,16-17H2,1-4H3,(H,30,32). The molecule has 1 heterocycles. The largest absolute Gasteiger partial charge is 0.495 e. The van der Waals surface area contributed by atoms with Crippen molar-refractivity contribution in [1.82, 2.24) is 5.06 Å². The minimum Gasteiger partial charge on any atom is -0.495 e. The van der Waals surface area contributed by atoms with Crippen LogP contribution in [0.15, 0.2) is 59.5 Å². The number of hydrogen-bond donors (Lipinski definition) is 1. The van der Waals surface area contributed by atoms with E-state index in [1.807, 2.05) is 44.2 Å². The summed E-state index contributed by atoms with van der Waals surface area (Å²) in [6.07, 6.45) is 0.763. The lowest BCUT2D eigenvalue weighted by atomic mass is 10.0. The van der Waals surface area contributed by atoms with Crippen molar-refractivity contribution in [1.29, 1.82) is 0 Å². The zero-order valence-electron chi connectivity index (χ0n) is 21.8. The SMILES string of the molecule is COc1cc(S(=O)(=O)Cc2ccc3c(c2)CCOC3)ccc1NC(=O)N(OC)C(C)c1cccc(Cl)c1C. The van der Waals surface area contributed by atoms with Gasteiger partial charge in [-0.3, -0.25) is 4.84 Å². The van der Waals surface area contributed by atoms with Crippen molar-refractivity contribution in [3.05, 3.63) is 87.4 Å². The number of hydrogen-bond acceptors (Lipinski definition) is 6. The van der Waals surface area contributed by atoms with Gasteiger partial charge in [0.25, 0.3) is 0 Å². The first-order valence-corrected chi connectivity index (χ1v) is 14.2. The summed E-state index contributed by atoms with van der Waals surface area (Å²) in [6, 6.07) is 14.5. The van der Waals surface area contributed by atoms with Gasteiger partial charge in [-0.25, -0.2) is 13.2 Å². The highest BCUT2D eigenvalue weighted by molar-refractivity contribution is 7.90. The molecule has 1 aliphatic heterocycles. The third-order valence-electron chi connectivity index (χ3n) is 6.68. The second-order valence-electron chi connectivity index (χ2n) is 9.10. The zero-order valence-corrected chi connectivity index (χ0v) is 23.4. The van der Waals surface area contributed by atoms with Crippen molar-refractivity contribution in [2.45, 2.75) is 43.6 Å². The van der Waals surface area contributed by atoms with Crippen molar-refractivity contribution in [3.63, 3.8) is 0 Å². The molecule has 0 spiro atoms. The number of ether oxygens (including phenoxy) is 2. The van der Waals surface area contributed by atoms with Crippen LogP contribution in [0.25, 0.3) is 0 Å². The lowest BCUT2D eigenvalue weighted by Gasteiger charge is -2.28. The number of rotatable bonds is 8. The van der Waals surface area contributed by atoms with E-state index in [-0.39, 0.29) is 16.4 Å². The van der Waals surface area contributed by atoms with Gasteiger partial charge in [0.05, 0.1) is 49.8 Å². The number of methoxy groups -OCH3 is 1. The second-order valence-corrected chi connectivity index (χ2v) is 11.5. The molecule has 0 aliphatic carbocycles. The van der Waals surface area contributed by atoms with Crippen molar-refractivity contribution in [3.8, 4) is 5.75 Å². The summed E-state index contributed by atoms with van der Waals surface area (Å²) in [5, 5.41) is 4.53. The van der Waals surface area contributed by atoms with E-state index in [2.05, 4.69) is 5.32 Å². The molecule has 38 heavy (non-hydrogen) atoms. The van der Waals surface area contributed by atoms with E-state index in [4.69, 9.17) is 25.9 Å². The number of hydroxylamine groups is 2. The van der Waals surface area contributed by atoms with Gasteiger partial charge in [0.2, 0.25) is 0 Å². The van der Waals surface area contributed by atoms with Gasteiger partial charge in [-0.05, 0) is 66.3 Å². The highest BCUT2D eigenvalue weighted by Gasteiger charge is 2.26. The smallest absolute Gasteiger partial charge is 0.346 e. The van der Waals surface area contributed by atoms with Crippen LogP contribution in [0.4, 0.5) is 10.5 Å². The number of halogens is 1. The first-order valence-electron chi connectivity index (χ1n) is 12.1. The molecule has 0 bridgehead atoms. The summed E-state index contributed by atoms with van der Waals surface area (Å²) in [4.78, 5) is 18.6. The predicted molar refractivity (Wildman–Crippen MR) is 146 cm³/mol. The normalized spacial score (nSPS) is 13.9. The summed E-state index contributed by atoms with van der Waals surface area (Å²) in [5.41, 5.74) is 4.90. The third kappa shape index (κ3) is 5.96. The molecule has 0 saturated carbocycles. The Labute approximate surface area is 228 Å². The molecular weight excluding hydrogens is 528 g/mol. The Morgan fingerprint density at radius 3 is 2.66 bits per heavy atom. The Morgan fingerprint density at radius 2 is 1.92 bits per heavy atom. The van der Waals surface area contributed by atoms with Gasteiger partial charge < -0.3 is 14.8 Å². The van der Waals surface area contributed by atoms with Crippen LogP contribution in [0.2, 0.25) is 5.02 Å². The van der Waals surface area contributed by atoms with E-state index in [0.717, 1.165) is 28.7 Å². The fourth-order valence-corrected chi connectivity index (χ4v) is 6.10. The molecule has 202 valence electrons. The number of carbonyl (C=O) groups excluding carboxylic acids is 1. The van der Waals surface area contributed by atoms with Gasteiger partial charge in [-0.15, -0.1) is 0 Å². The molecule has 2 amide bonds. The Kier molecular flexibility index (Phi) is 8.62. The number of carbonyl (C=O) groups is 1. The fourth-order valence-electron chi connectivity index (χ4n) is 4.57. The molecule has 0 fully saturated rings. The number of benzene rings is 3. The van der Waals surface area contributed by atoms with Crippen molar-refractivity contribution >= 4 is 33.2 Å². The van der Waals surface area contributed by atoms with Gasteiger partial charge in [0, 0.05) is 11.1 Å². The van der Waals surface area contributed by atoms with Crippen LogP contribution in [0.1, 0.15) is 40.8 Å². The molecule has 8 nitrogen and oxygen atoms in total. The number of urea groups is 1. The number of anilines is 1. The molecule has 10 heteroatoms. The van der Waals surface area contributed by atoms with E-state index >= 15 is 0 Å². The highest BCUT2D eigenvalue weighted by Crippen LogP contribution is 2.32. The number of nitrogens with zero attached hydrogens (tertiary/aromatic N) is 1. The maximum absolute atomic E-state index is 13.2. The van der Waals surface area contributed by atoms with E-state index in [1.54, 1.807) is 6.07 Å². The second kappa shape index (κ2) is 11.7. The van der Waals surface area contributed by atoms with Crippen LogP contribution in [0.3, 0.4) is 0 Å². The van der Waals surface area contributed by atoms with E-state index < -0.39 is 21.9 Å². The van der Waals surface area contributed by atoms with Crippen LogP contribution in [-0.4, -0.2) is 40.3 Å². The Bertz CT molecular complexity index is 1440. The van der Waals surface area contributed by atoms with Crippen molar-refractivity contribution < 1.29 is 27.5 Å². The van der Waals surface area contributed by atoms with Gasteiger partial charge in [-0.1, -0.05) is 41.9 Å². The van der Waals surface area contributed by atoms with Crippen molar-refractivity contribution in [2.75, 3.05) is 26.1 Å². The summed E-state index contributed by atoms with van der Waals surface area (Å²) >= 11 is 6.26. The molecule has 1 atom stereocenters. The molecule has 0 saturated heterocycles. The van der Waals surface area contributed by atoms with Crippen LogP contribution in [0, 0.1) is 6.92 Å². The third-order valence-corrected chi connectivity index (χ3v) is 8.78. The first-order chi connectivity index (χ1) is 18.1. The number of amides is 2. The lowest BCUT2D eigenvalue weighted by Crippen LogP contribution is -2.36. The van der Waals surface area contributed by atoms with E-state index in [0.29, 0.717) is 29.5 Å². The Morgan fingerprint density at radius 1 is 1.13 bits per heavy atom. The molecule has 1 aliphatic rings. The molecular formula is C28H31ClN2O6S. The topological polar surface area (TPSA) is 94.2 Å². The van der Waals surface area contributed by atoms with Gasteiger partial charge in [0.1, 0.15) is 5.75 Å². The average molecular weight is 559 g/mol. The molecule has 1 unspecified atom stereocenters. The summed E-state index contributed by atoms with van der Waals surface area (Å²) in [5.74, 6) is 0.0638. The van der Waals surface area contributed by atoms with Crippen LogP contribution in [0.5, 0.6) is 5.75 Å². The summed E-state index contributed by atoms with van der Waals surface area (Å²) < 4.78 is 37.3. The minimum absolute atomic E-state index is 0.0971. The minimum atomic E-state index is -3.67. The van der Waals surface area contributed by atoms with E-state index in [9.17, 15) is 13.2 Å². The van der Waals surface area contributed by atoms with Gasteiger partial charge >= 0.3 is 6.03 Å². The quantitative estimate of drug-likeness (QED) is 0.348. The van der Waals surface area contributed by atoms with Crippen LogP contribution >= 0.6 is 11.6 Å². The lowest BCUT2D eigenvalue weighted by molar-refractivity contribution is -0.109. The predicted octanol–water partition coefficient (Wildman–Crippen LogP) is 5.86. The molecule has 0 aromatic heterocycles. The van der Waals surface area contributed by atoms with E-state index in [1.165, 1.54) is 37.5 Å². The monoisotopic (exact) mass is 558 g/mol. The maximum Gasteiger partial charge on any atom is 0.346 e. The van der Waals surface area contributed by atoms with Crippen LogP contribution < -0.4 is 10.1 Å². The maximum atomic E-state index is 13.2. The summed E-state index contributed by atoms with van der Waals surface area (Å²) in [7, 11) is -0.854. The molecule has 1 N–H and O–H groups in total. The average Bonchev–Trinajstić information content (AvgIpc) is 2.90. The number of sulfone groups is 1. The number of fused-ring (bicyclic) bond motifs is 1. The Hall–Kier alpha value is -3.11. The molecule has 3 aromatic carbocycles. The van der Waals surface area contributed by atoms with Gasteiger partial charge in [-0.2, -0.15) is 5.06 Å². The molecule has 0 radical (unpaired) electrons. The molecule has 3 aromatic rings. The summed E-state index contributed by atoms with van der Waals surface area (Å²) in [6.45, 7) is 4.87. The number of nitrogens with one attached hydrogen (secondary N) is 1. The fraction of sp³-hybridized carbons (Fsp3) is 0.321. The zero-order chi connectivity index (χ0) is 27.4. The van der Waals surface area contributed by atoms with Crippen LogP contribution in [-0.2, 0) is 38.2 Å². The highest BCUT2D eigenvalue weighted by atomic mass is 35.5. The van der Waals surface area contributed by atoms with Crippen molar-refractivity contribution in [2.24, 2.45) is 0 Å².